The first-order valence-corrected chi connectivity index (χ1v) is 8.31. The molecule has 2 heterocycles. The number of carbonyl (C=O) groups excluding carboxylic acids is 1. The molecule has 0 spiro atoms. The fraction of sp³-hybridized carbons (Fsp3) is 0.467. The molecule has 0 aromatic carbocycles. The van der Waals surface area contributed by atoms with Gasteiger partial charge in [-0.1, -0.05) is 0 Å². The lowest BCUT2D eigenvalue weighted by atomic mass is 10.0. The van der Waals surface area contributed by atoms with Crippen LogP contribution in [0.2, 0.25) is 0 Å². The third-order valence-corrected chi connectivity index (χ3v) is 5.21. The summed E-state index contributed by atoms with van der Waals surface area (Å²) in [6.07, 6.45) is 4.42. The van der Waals surface area contributed by atoms with E-state index in [4.69, 9.17) is 0 Å². The number of nitrogens with one attached hydrogen (secondary N) is 1. The van der Waals surface area contributed by atoms with E-state index in [1.165, 1.54) is 36.0 Å². The molecule has 1 aliphatic rings. The molecular weight excluding hydrogens is 316 g/mol. The van der Waals surface area contributed by atoms with Crippen molar-refractivity contribution in [1.29, 1.82) is 0 Å². The normalized spacial score (nSPS) is 13.7. The van der Waals surface area contributed by atoms with Gasteiger partial charge in [-0.25, -0.2) is 9.78 Å². The van der Waals surface area contributed by atoms with Gasteiger partial charge in [0.1, 0.15) is 10.7 Å². The minimum absolute atomic E-state index is 0.0550. The van der Waals surface area contributed by atoms with E-state index in [1.807, 2.05) is 0 Å². The number of carbonyl (C=O) groups is 1. The van der Waals surface area contributed by atoms with Gasteiger partial charge in [0.2, 0.25) is 0 Å². The van der Waals surface area contributed by atoms with Crippen molar-refractivity contribution >= 4 is 17.2 Å². The van der Waals surface area contributed by atoms with Gasteiger partial charge in [-0.2, -0.15) is 0 Å². The smallest absolute Gasteiger partial charge is 0.331 e. The molecule has 0 atom stereocenters. The van der Waals surface area contributed by atoms with Gasteiger partial charge < -0.3 is 5.32 Å². The minimum atomic E-state index is -0.521. The highest BCUT2D eigenvalue weighted by Crippen LogP contribution is 2.26. The number of fused-ring (bicyclic) bond motifs is 1. The molecule has 1 aliphatic carbocycles. The van der Waals surface area contributed by atoms with Crippen LogP contribution in [0, 0.1) is 0 Å². The predicted molar refractivity (Wildman–Crippen MR) is 86.9 cm³/mol. The van der Waals surface area contributed by atoms with Gasteiger partial charge in [-0.05, 0) is 25.7 Å². The van der Waals surface area contributed by atoms with Crippen LogP contribution in [0.1, 0.15) is 38.9 Å². The molecule has 0 saturated heterocycles. The topological polar surface area (TPSA) is 86.0 Å². The molecule has 122 valence electrons. The molecule has 2 aromatic rings. The molecular formula is C15H18N4O3S. The van der Waals surface area contributed by atoms with E-state index in [0.717, 1.165) is 34.5 Å². The minimum Gasteiger partial charge on any atom is -0.344 e. The van der Waals surface area contributed by atoms with Gasteiger partial charge in [0.25, 0.3) is 11.5 Å². The first-order chi connectivity index (χ1) is 11.0. The Bertz CT molecular complexity index is 854. The van der Waals surface area contributed by atoms with Crippen LogP contribution in [0.4, 0.5) is 0 Å². The first-order valence-electron chi connectivity index (χ1n) is 7.50. The lowest BCUT2D eigenvalue weighted by molar-refractivity contribution is 0.0940. The second-order valence-electron chi connectivity index (χ2n) is 5.64. The average Bonchev–Trinajstić information content (AvgIpc) is 2.97. The van der Waals surface area contributed by atoms with Crippen molar-refractivity contribution < 1.29 is 4.79 Å². The Kier molecular flexibility index (Phi) is 4.16. The standard InChI is InChI=1S/C15H18N4O3S/c1-18-10(7-13(20)19(2)15(18)22)14(21)16-8-12-17-9-5-3-4-6-11(9)23-12/h7H,3-6,8H2,1-2H3,(H,16,21). The molecule has 0 aliphatic heterocycles. The van der Waals surface area contributed by atoms with E-state index >= 15 is 0 Å². The summed E-state index contributed by atoms with van der Waals surface area (Å²) < 4.78 is 2.13. The zero-order valence-electron chi connectivity index (χ0n) is 13.1. The maximum atomic E-state index is 12.3. The van der Waals surface area contributed by atoms with E-state index in [-0.39, 0.29) is 5.69 Å². The number of amides is 1. The molecule has 3 rings (SSSR count). The molecule has 7 nitrogen and oxygen atoms in total. The van der Waals surface area contributed by atoms with E-state index in [2.05, 4.69) is 10.3 Å². The lowest BCUT2D eigenvalue weighted by Gasteiger charge is -2.09. The Hall–Kier alpha value is -2.22. The molecule has 0 saturated carbocycles. The molecule has 1 amide bonds. The number of nitrogens with zero attached hydrogens (tertiary/aromatic N) is 3. The Morgan fingerprint density at radius 3 is 2.74 bits per heavy atom. The van der Waals surface area contributed by atoms with Crippen LogP contribution in [-0.4, -0.2) is 20.0 Å². The van der Waals surface area contributed by atoms with Gasteiger partial charge >= 0.3 is 5.69 Å². The van der Waals surface area contributed by atoms with Crippen LogP contribution in [0.15, 0.2) is 15.7 Å². The molecule has 1 N–H and O–H groups in total. The third kappa shape index (κ3) is 2.98. The lowest BCUT2D eigenvalue weighted by Crippen LogP contribution is -2.41. The molecule has 0 radical (unpaired) electrons. The molecule has 0 fully saturated rings. The monoisotopic (exact) mass is 334 g/mol. The van der Waals surface area contributed by atoms with E-state index < -0.39 is 17.2 Å². The highest BCUT2D eigenvalue weighted by molar-refractivity contribution is 7.11. The van der Waals surface area contributed by atoms with Gasteiger partial charge in [0.05, 0.1) is 12.2 Å². The molecule has 23 heavy (non-hydrogen) atoms. The highest BCUT2D eigenvalue weighted by atomic mass is 32.1. The number of hydrogen-bond acceptors (Lipinski definition) is 5. The first kappa shape index (κ1) is 15.7. The Morgan fingerprint density at radius 1 is 1.26 bits per heavy atom. The van der Waals surface area contributed by atoms with E-state index in [9.17, 15) is 14.4 Å². The number of aryl methyl sites for hydroxylation is 2. The number of thiazole rings is 1. The van der Waals surface area contributed by atoms with Crippen molar-refractivity contribution in [3.8, 4) is 0 Å². The summed E-state index contributed by atoms with van der Waals surface area (Å²) >= 11 is 1.63. The van der Waals surface area contributed by atoms with Crippen molar-refractivity contribution in [3.63, 3.8) is 0 Å². The second-order valence-corrected chi connectivity index (χ2v) is 6.80. The number of rotatable bonds is 3. The summed E-state index contributed by atoms with van der Waals surface area (Å²) in [6, 6.07) is 1.17. The SMILES string of the molecule is Cn1c(C(=O)NCc2nc3c(s2)CCCC3)cc(=O)n(C)c1=O. The summed E-state index contributed by atoms with van der Waals surface area (Å²) in [5.74, 6) is -0.449. The van der Waals surface area contributed by atoms with Gasteiger partial charge in [0, 0.05) is 25.0 Å². The predicted octanol–water partition coefficient (Wildman–Crippen LogP) is 0.349. The zero-order valence-corrected chi connectivity index (χ0v) is 13.9. The Balaban J connectivity index is 1.76. The van der Waals surface area contributed by atoms with Crippen molar-refractivity contribution in [3.05, 3.63) is 48.2 Å². The van der Waals surface area contributed by atoms with Crippen LogP contribution in [-0.2, 0) is 33.5 Å². The highest BCUT2D eigenvalue weighted by Gasteiger charge is 2.17. The summed E-state index contributed by atoms with van der Waals surface area (Å²) in [4.78, 5) is 41.7. The van der Waals surface area contributed by atoms with Gasteiger partial charge in [-0.15, -0.1) is 11.3 Å². The van der Waals surface area contributed by atoms with E-state index in [1.54, 1.807) is 11.3 Å². The maximum absolute atomic E-state index is 12.3. The average molecular weight is 334 g/mol. The van der Waals surface area contributed by atoms with Gasteiger partial charge in [-0.3, -0.25) is 18.7 Å². The number of aromatic nitrogens is 3. The second kappa shape index (κ2) is 6.11. The quantitative estimate of drug-likeness (QED) is 0.877. The van der Waals surface area contributed by atoms with Crippen LogP contribution >= 0.6 is 11.3 Å². The van der Waals surface area contributed by atoms with Crippen LogP contribution in [0.25, 0.3) is 0 Å². The molecule has 0 unspecified atom stereocenters. The molecule has 8 heteroatoms. The molecule has 0 bridgehead atoms. The summed E-state index contributed by atoms with van der Waals surface area (Å²) in [5.41, 5.74) is 0.182. The Labute approximate surface area is 136 Å². The van der Waals surface area contributed by atoms with Crippen molar-refractivity contribution in [2.45, 2.75) is 32.2 Å². The zero-order chi connectivity index (χ0) is 16.6. The van der Waals surface area contributed by atoms with E-state index in [0.29, 0.717) is 6.54 Å². The number of hydrogen-bond donors (Lipinski definition) is 1. The van der Waals surface area contributed by atoms with Crippen LogP contribution < -0.4 is 16.6 Å². The van der Waals surface area contributed by atoms with Gasteiger partial charge in [0.15, 0.2) is 0 Å². The van der Waals surface area contributed by atoms with Crippen molar-refractivity contribution in [2.24, 2.45) is 14.1 Å². The summed E-state index contributed by atoms with van der Waals surface area (Å²) in [5, 5.41) is 3.60. The fourth-order valence-electron chi connectivity index (χ4n) is 2.68. The third-order valence-electron chi connectivity index (χ3n) is 4.05. The van der Waals surface area contributed by atoms with Crippen LogP contribution in [0.5, 0.6) is 0 Å². The molecule has 2 aromatic heterocycles. The largest absolute Gasteiger partial charge is 0.344 e. The summed E-state index contributed by atoms with van der Waals surface area (Å²) in [7, 11) is 2.85. The Morgan fingerprint density at radius 2 is 2.00 bits per heavy atom. The van der Waals surface area contributed by atoms with Crippen LogP contribution in [0.3, 0.4) is 0 Å². The fourth-order valence-corrected chi connectivity index (χ4v) is 3.77. The summed E-state index contributed by atoms with van der Waals surface area (Å²) in [6.45, 7) is 0.305. The van der Waals surface area contributed by atoms with Crippen molar-refractivity contribution in [1.82, 2.24) is 19.4 Å². The van der Waals surface area contributed by atoms with Crippen molar-refractivity contribution in [2.75, 3.05) is 0 Å². The maximum Gasteiger partial charge on any atom is 0.331 e.